The first kappa shape index (κ1) is 20.8. The number of nitrogens with one attached hydrogen (secondary N) is 1. The number of carbonyl (C=O) groups is 1. The maximum absolute atomic E-state index is 12.9. The summed E-state index contributed by atoms with van der Waals surface area (Å²) in [5.41, 5.74) is 2.73. The fourth-order valence-electron chi connectivity index (χ4n) is 2.84. The average molecular weight is 476 g/mol. The highest BCUT2D eigenvalue weighted by molar-refractivity contribution is 9.10. The van der Waals surface area contributed by atoms with E-state index >= 15 is 0 Å². The number of carbonyl (C=O) groups excluding carboxylic acids is 1. The molecule has 0 aliphatic carbocycles. The highest BCUT2D eigenvalue weighted by atomic mass is 79.9. The molecule has 0 saturated heterocycles. The standard InChI is InChI=1S/C21H16BrClN2O4/c1-12-9-14(22)10-13(2)20(12)24-21(26)16-5-3-4-6-18(16)29-19-8-7-15(25(27)28)11-17(19)23/h3-11H,1-2H3,(H,24,26). The third kappa shape index (κ3) is 4.75. The van der Waals surface area contributed by atoms with Crippen molar-refractivity contribution in [2.45, 2.75) is 13.8 Å². The Kier molecular flexibility index (Phi) is 6.20. The van der Waals surface area contributed by atoms with Gasteiger partial charge in [-0.15, -0.1) is 0 Å². The van der Waals surface area contributed by atoms with E-state index in [0.29, 0.717) is 5.56 Å². The minimum Gasteiger partial charge on any atom is -0.455 e. The second-order valence-electron chi connectivity index (χ2n) is 6.34. The number of anilines is 1. The van der Waals surface area contributed by atoms with Gasteiger partial charge in [0, 0.05) is 22.3 Å². The predicted molar refractivity (Wildman–Crippen MR) is 116 cm³/mol. The molecule has 3 aromatic rings. The molecule has 0 spiro atoms. The minimum absolute atomic E-state index is 0.0778. The predicted octanol–water partition coefficient (Wildman–Crippen LogP) is 6.67. The van der Waals surface area contributed by atoms with Crippen LogP contribution in [0.1, 0.15) is 21.5 Å². The molecule has 0 radical (unpaired) electrons. The van der Waals surface area contributed by atoms with Crippen LogP contribution >= 0.6 is 27.5 Å². The maximum Gasteiger partial charge on any atom is 0.271 e. The molecule has 0 saturated carbocycles. The first-order chi connectivity index (χ1) is 13.8. The first-order valence-corrected chi connectivity index (χ1v) is 9.72. The summed E-state index contributed by atoms with van der Waals surface area (Å²) in [6.45, 7) is 3.82. The number of aryl methyl sites for hydroxylation is 2. The molecule has 29 heavy (non-hydrogen) atoms. The Hall–Kier alpha value is -2.90. The van der Waals surface area contributed by atoms with Gasteiger partial charge in [-0.3, -0.25) is 14.9 Å². The summed E-state index contributed by atoms with van der Waals surface area (Å²) in [7, 11) is 0. The van der Waals surface area contributed by atoms with E-state index in [2.05, 4.69) is 21.2 Å². The fourth-order valence-corrected chi connectivity index (χ4v) is 3.74. The summed E-state index contributed by atoms with van der Waals surface area (Å²) in [5.74, 6) is 0.161. The summed E-state index contributed by atoms with van der Waals surface area (Å²) in [6, 6.07) is 14.4. The Morgan fingerprint density at radius 2 is 1.72 bits per heavy atom. The number of amides is 1. The van der Waals surface area contributed by atoms with Crippen molar-refractivity contribution in [3.8, 4) is 11.5 Å². The number of hydrogen-bond acceptors (Lipinski definition) is 4. The second-order valence-corrected chi connectivity index (χ2v) is 7.66. The Morgan fingerprint density at radius 3 is 2.34 bits per heavy atom. The summed E-state index contributed by atoms with van der Waals surface area (Å²) < 4.78 is 6.72. The lowest BCUT2D eigenvalue weighted by Gasteiger charge is -2.15. The van der Waals surface area contributed by atoms with Crippen LogP contribution < -0.4 is 10.1 Å². The van der Waals surface area contributed by atoms with Gasteiger partial charge in [-0.2, -0.15) is 0 Å². The van der Waals surface area contributed by atoms with E-state index in [0.717, 1.165) is 21.3 Å². The van der Waals surface area contributed by atoms with Gasteiger partial charge in [0.05, 0.1) is 15.5 Å². The van der Waals surface area contributed by atoms with Crippen LogP contribution in [0.25, 0.3) is 0 Å². The number of ether oxygens (including phenoxy) is 1. The molecule has 0 atom stereocenters. The molecule has 1 N–H and O–H groups in total. The molecule has 0 bridgehead atoms. The summed E-state index contributed by atoms with van der Waals surface area (Å²) >= 11 is 9.55. The number of benzene rings is 3. The van der Waals surface area contributed by atoms with Gasteiger partial charge in [0.1, 0.15) is 11.5 Å². The Bertz CT molecular complexity index is 1090. The molecule has 148 valence electrons. The molecule has 1 amide bonds. The molecular formula is C21H16BrClN2O4. The van der Waals surface area contributed by atoms with Crippen LogP contribution in [0.2, 0.25) is 5.02 Å². The average Bonchev–Trinajstić information content (AvgIpc) is 2.66. The number of hydrogen-bond donors (Lipinski definition) is 1. The molecule has 3 aromatic carbocycles. The maximum atomic E-state index is 12.9. The van der Waals surface area contributed by atoms with Crippen molar-refractivity contribution < 1.29 is 14.5 Å². The van der Waals surface area contributed by atoms with E-state index in [4.69, 9.17) is 16.3 Å². The molecule has 0 heterocycles. The van der Waals surface area contributed by atoms with Crippen molar-refractivity contribution >= 4 is 44.8 Å². The topological polar surface area (TPSA) is 81.5 Å². The normalized spacial score (nSPS) is 10.5. The number of halogens is 2. The van der Waals surface area contributed by atoms with Crippen molar-refractivity contribution in [1.82, 2.24) is 0 Å². The van der Waals surface area contributed by atoms with Gasteiger partial charge in [0.25, 0.3) is 11.6 Å². The van der Waals surface area contributed by atoms with Crippen LogP contribution in [0.15, 0.2) is 59.1 Å². The van der Waals surface area contributed by atoms with E-state index < -0.39 is 4.92 Å². The van der Waals surface area contributed by atoms with Gasteiger partial charge in [0.2, 0.25) is 0 Å². The molecular weight excluding hydrogens is 460 g/mol. The SMILES string of the molecule is Cc1cc(Br)cc(C)c1NC(=O)c1ccccc1Oc1ccc([N+](=O)[O-])cc1Cl. The lowest BCUT2D eigenvalue weighted by molar-refractivity contribution is -0.384. The van der Waals surface area contributed by atoms with Gasteiger partial charge in [0.15, 0.2) is 0 Å². The van der Waals surface area contributed by atoms with Crippen molar-refractivity contribution in [3.05, 3.63) is 90.9 Å². The molecule has 0 fully saturated rings. The smallest absolute Gasteiger partial charge is 0.271 e. The quantitative estimate of drug-likeness (QED) is 0.330. The molecule has 3 rings (SSSR count). The van der Waals surface area contributed by atoms with Crippen LogP contribution in [0, 0.1) is 24.0 Å². The zero-order valence-corrected chi connectivity index (χ0v) is 17.9. The summed E-state index contributed by atoms with van der Waals surface area (Å²) in [5, 5.41) is 13.9. The van der Waals surface area contributed by atoms with Crippen molar-refractivity contribution in [3.63, 3.8) is 0 Å². The van der Waals surface area contributed by atoms with Gasteiger partial charge in [-0.05, 0) is 55.3 Å². The first-order valence-electron chi connectivity index (χ1n) is 8.55. The number of rotatable bonds is 5. The van der Waals surface area contributed by atoms with Crippen LogP contribution in [-0.2, 0) is 0 Å². The van der Waals surface area contributed by atoms with Gasteiger partial charge >= 0.3 is 0 Å². The van der Waals surface area contributed by atoms with E-state index in [9.17, 15) is 14.9 Å². The van der Waals surface area contributed by atoms with E-state index in [1.54, 1.807) is 24.3 Å². The fraction of sp³-hybridized carbons (Fsp3) is 0.0952. The minimum atomic E-state index is -0.542. The highest BCUT2D eigenvalue weighted by Crippen LogP contribution is 2.34. The molecule has 0 aliphatic rings. The highest BCUT2D eigenvalue weighted by Gasteiger charge is 2.17. The van der Waals surface area contributed by atoms with Crippen molar-refractivity contribution in [2.75, 3.05) is 5.32 Å². The lowest BCUT2D eigenvalue weighted by Crippen LogP contribution is -2.14. The van der Waals surface area contributed by atoms with Gasteiger partial charge in [-0.25, -0.2) is 0 Å². The molecule has 0 aromatic heterocycles. The van der Waals surface area contributed by atoms with E-state index in [-0.39, 0.29) is 28.1 Å². The van der Waals surface area contributed by atoms with Crippen LogP contribution in [0.5, 0.6) is 11.5 Å². The number of nitro benzene ring substituents is 1. The Labute approximate surface area is 180 Å². The van der Waals surface area contributed by atoms with Crippen LogP contribution in [-0.4, -0.2) is 10.8 Å². The number of para-hydroxylation sites is 1. The Balaban J connectivity index is 1.90. The van der Waals surface area contributed by atoms with Gasteiger partial charge < -0.3 is 10.1 Å². The molecule has 8 heteroatoms. The molecule has 0 unspecified atom stereocenters. The number of nitrogens with zero attached hydrogens (tertiary/aromatic N) is 1. The summed E-state index contributed by atoms with van der Waals surface area (Å²) in [4.78, 5) is 23.2. The monoisotopic (exact) mass is 474 g/mol. The summed E-state index contributed by atoms with van der Waals surface area (Å²) in [6.07, 6.45) is 0. The lowest BCUT2D eigenvalue weighted by atomic mass is 10.1. The number of non-ortho nitro benzene ring substituents is 1. The second kappa shape index (κ2) is 8.63. The third-order valence-corrected chi connectivity index (χ3v) is 4.97. The Morgan fingerprint density at radius 1 is 1.07 bits per heavy atom. The van der Waals surface area contributed by atoms with Crippen molar-refractivity contribution in [2.24, 2.45) is 0 Å². The zero-order valence-electron chi connectivity index (χ0n) is 15.5. The van der Waals surface area contributed by atoms with E-state index in [1.165, 1.54) is 18.2 Å². The third-order valence-electron chi connectivity index (χ3n) is 4.21. The number of nitro groups is 1. The van der Waals surface area contributed by atoms with Crippen LogP contribution in [0.4, 0.5) is 11.4 Å². The van der Waals surface area contributed by atoms with E-state index in [1.807, 2.05) is 26.0 Å². The molecule has 6 nitrogen and oxygen atoms in total. The zero-order chi connectivity index (χ0) is 21.1. The largest absolute Gasteiger partial charge is 0.455 e. The molecule has 0 aliphatic heterocycles. The van der Waals surface area contributed by atoms with Crippen molar-refractivity contribution in [1.29, 1.82) is 0 Å². The van der Waals surface area contributed by atoms with Crippen LogP contribution in [0.3, 0.4) is 0 Å². The van der Waals surface area contributed by atoms with Gasteiger partial charge in [-0.1, -0.05) is 39.7 Å².